The van der Waals surface area contributed by atoms with Crippen LogP contribution in [0.2, 0.25) is 0 Å². The first kappa shape index (κ1) is 12.4. The first-order valence-corrected chi connectivity index (χ1v) is 4.77. The summed E-state index contributed by atoms with van der Waals surface area (Å²) in [5, 5.41) is 10.6. The molecule has 1 aromatic rings. The van der Waals surface area contributed by atoms with Crippen LogP contribution in [0, 0.1) is 10.1 Å². The summed E-state index contributed by atoms with van der Waals surface area (Å²) in [7, 11) is 1.46. The van der Waals surface area contributed by atoms with Crippen molar-refractivity contribution < 1.29 is 14.4 Å². The molecule has 0 atom stereocenters. The third-order valence-corrected chi connectivity index (χ3v) is 1.93. The van der Waals surface area contributed by atoms with Crippen molar-refractivity contribution in [3.63, 3.8) is 0 Å². The number of non-ortho nitro benzene ring substituents is 1. The first-order chi connectivity index (χ1) is 7.67. The summed E-state index contributed by atoms with van der Waals surface area (Å²) in [6, 6.07) is 4.52. The normalized spacial score (nSPS) is 10.1. The van der Waals surface area contributed by atoms with Crippen molar-refractivity contribution in [1.82, 2.24) is 0 Å². The minimum Gasteiger partial charge on any atom is -0.496 e. The van der Waals surface area contributed by atoms with Gasteiger partial charge in [0.1, 0.15) is 5.75 Å². The second-order valence-corrected chi connectivity index (χ2v) is 3.14. The second-order valence-electron chi connectivity index (χ2n) is 3.14. The van der Waals surface area contributed by atoms with Gasteiger partial charge in [0.25, 0.3) is 5.69 Å². The second kappa shape index (κ2) is 6.04. The van der Waals surface area contributed by atoms with Crippen LogP contribution in [0.15, 0.2) is 18.2 Å². The van der Waals surface area contributed by atoms with Gasteiger partial charge in [0.15, 0.2) is 0 Å². The van der Waals surface area contributed by atoms with Gasteiger partial charge in [0.05, 0.1) is 31.3 Å². The van der Waals surface area contributed by atoms with Crippen LogP contribution in [-0.2, 0) is 11.3 Å². The van der Waals surface area contributed by atoms with E-state index in [0.717, 1.165) is 0 Å². The van der Waals surface area contributed by atoms with Crippen LogP contribution in [0.1, 0.15) is 5.56 Å². The Morgan fingerprint density at radius 2 is 2.19 bits per heavy atom. The molecule has 0 saturated heterocycles. The van der Waals surface area contributed by atoms with Gasteiger partial charge in [0.2, 0.25) is 0 Å². The van der Waals surface area contributed by atoms with E-state index in [1.807, 2.05) is 0 Å². The van der Waals surface area contributed by atoms with E-state index >= 15 is 0 Å². The third kappa shape index (κ3) is 3.48. The molecule has 0 saturated carbocycles. The molecule has 0 heterocycles. The molecule has 6 nitrogen and oxygen atoms in total. The number of hydrogen-bond acceptors (Lipinski definition) is 5. The predicted molar refractivity (Wildman–Crippen MR) is 58.4 cm³/mol. The molecule has 0 amide bonds. The molecular formula is C10H14N2O4. The van der Waals surface area contributed by atoms with Crippen LogP contribution in [-0.4, -0.2) is 25.2 Å². The number of nitrogens with two attached hydrogens (primary N) is 1. The highest BCUT2D eigenvalue weighted by Gasteiger charge is 2.09. The summed E-state index contributed by atoms with van der Waals surface area (Å²) in [6.45, 7) is 1.13. The molecule has 0 fully saturated rings. The Morgan fingerprint density at radius 1 is 1.44 bits per heavy atom. The Balaban J connectivity index is 2.82. The van der Waals surface area contributed by atoms with Crippen molar-refractivity contribution in [3.8, 4) is 5.75 Å². The molecule has 6 heteroatoms. The molecule has 88 valence electrons. The van der Waals surface area contributed by atoms with E-state index in [0.29, 0.717) is 24.5 Å². The Morgan fingerprint density at radius 3 is 2.75 bits per heavy atom. The quantitative estimate of drug-likeness (QED) is 0.445. The number of rotatable bonds is 6. The predicted octanol–water partition coefficient (Wildman–Crippen LogP) is 1.08. The van der Waals surface area contributed by atoms with Crippen LogP contribution in [0.25, 0.3) is 0 Å². The average molecular weight is 226 g/mol. The van der Waals surface area contributed by atoms with Gasteiger partial charge in [0, 0.05) is 12.6 Å². The topological polar surface area (TPSA) is 87.6 Å². The smallest absolute Gasteiger partial charge is 0.273 e. The lowest BCUT2D eigenvalue weighted by atomic mass is 10.2. The maximum Gasteiger partial charge on any atom is 0.273 e. The van der Waals surface area contributed by atoms with Gasteiger partial charge in [-0.05, 0) is 11.6 Å². The van der Waals surface area contributed by atoms with Crippen LogP contribution >= 0.6 is 0 Å². The van der Waals surface area contributed by atoms with E-state index in [1.165, 1.54) is 19.2 Å². The number of hydrogen-bond donors (Lipinski definition) is 1. The molecular weight excluding hydrogens is 212 g/mol. The van der Waals surface area contributed by atoms with E-state index in [-0.39, 0.29) is 12.3 Å². The number of nitro groups is 1. The van der Waals surface area contributed by atoms with Crippen LogP contribution in [0.3, 0.4) is 0 Å². The van der Waals surface area contributed by atoms with Crippen molar-refractivity contribution in [1.29, 1.82) is 0 Å². The molecule has 0 radical (unpaired) electrons. The lowest BCUT2D eigenvalue weighted by molar-refractivity contribution is -0.385. The number of methoxy groups -OCH3 is 1. The zero-order valence-electron chi connectivity index (χ0n) is 9.01. The third-order valence-electron chi connectivity index (χ3n) is 1.93. The summed E-state index contributed by atoms with van der Waals surface area (Å²) >= 11 is 0. The van der Waals surface area contributed by atoms with Crippen LogP contribution in [0.4, 0.5) is 5.69 Å². The SMILES string of the molecule is COc1cc(COCCN)cc([N+](=O)[O-])c1. The van der Waals surface area contributed by atoms with Crippen molar-refractivity contribution in [2.24, 2.45) is 5.73 Å². The lowest BCUT2D eigenvalue weighted by Crippen LogP contribution is -2.08. The average Bonchev–Trinajstić information content (AvgIpc) is 2.29. The van der Waals surface area contributed by atoms with Crippen LogP contribution in [0.5, 0.6) is 5.75 Å². The van der Waals surface area contributed by atoms with E-state index in [1.54, 1.807) is 6.07 Å². The fourth-order valence-corrected chi connectivity index (χ4v) is 1.22. The van der Waals surface area contributed by atoms with Crippen molar-refractivity contribution in [2.75, 3.05) is 20.3 Å². The maximum atomic E-state index is 10.6. The fourth-order valence-electron chi connectivity index (χ4n) is 1.22. The molecule has 0 spiro atoms. The molecule has 0 bridgehead atoms. The van der Waals surface area contributed by atoms with Gasteiger partial charge < -0.3 is 15.2 Å². The summed E-state index contributed by atoms with van der Waals surface area (Å²) < 4.78 is 10.2. The zero-order valence-corrected chi connectivity index (χ0v) is 9.01. The molecule has 0 aliphatic carbocycles. The first-order valence-electron chi connectivity index (χ1n) is 4.77. The van der Waals surface area contributed by atoms with E-state index in [2.05, 4.69) is 0 Å². The maximum absolute atomic E-state index is 10.6. The summed E-state index contributed by atoms with van der Waals surface area (Å²) in [4.78, 5) is 10.2. The molecule has 0 aromatic heterocycles. The fraction of sp³-hybridized carbons (Fsp3) is 0.400. The standard InChI is InChI=1S/C10H14N2O4/c1-15-10-5-8(7-16-3-2-11)4-9(6-10)12(13)14/h4-6H,2-3,7,11H2,1H3. The highest BCUT2D eigenvalue weighted by atomic mass is 16.6. The van der Waals surface area contributed by atoms with Gasteiger partial charge in [-0.25, -0.2) is 0 Å². The molecule has 0 aliphatic rings. The minimum atomic E-state index is -0.463. The largest absolute Gasteiger partial charge is 0.496 e. The molecule has 2 N–H and O–H groups in total. The van der Waals surface area contributed by atoms with E-state index in [4.69, 9.17) is 15.2 Å². The Kier molecular flexibility index (Phi) is 4.68. The Hall–Kier alpha value is -1.66. The Bertz CT molecular complexity index is 368. The Labute approximate surface area is 93.1 Å². The zero-order chi connectivity index (χ0) is 12.0. The summed E-state index contributed by atoms with van der Waals surface area (Å²) in [5.74, 6) is 0.445. The lowest BCUT2D eigenvalue weighted by Gasteiger charge is -2.05. The van der Waals surface area contributed by atoms with Crippen molar-refractivity contribution in [2.45, 2.75) is 6.61 Å². The van der Waals surface area contributed by atoms with E-state index < -0.39 is 4.92 Å². The molecule has 1 aromatic carbocycles. The van der Waals surface area contributed by atoms with Gasteiger partial charge in [-0.3, -0.25) is 10.1 Å². The molecule has 1 rings (SSSR count). The van der Waals surface area contributed by atoms with Gasteiger partial charge >= 0.3 is 0 Å². The number of ether oxygens (including phenoxy) is 2. The monoisotopic (exact) mass is 226 g/mol. The number of nitrogens with zero attached hydrogens (tertiary/aromatic N) is 1. The number of nitro benzene ring substituents is 1. The molecule has 16 heavy (non-hydrogen) atoms. The van der Waals surface area contributed by atoms with Crippen molar-refractivity contribution >= 4 is 5.69 Å². The number of benzene rings is 1. The minimum absolute atomic E-state index is 0.00861. The highest BCUT2D eigenvalue weighted by molar-refractivity contribution is 5.42. The molecule has 0 aliphatic heterocycles. The van der Waals surface area contributed by atoms with Crippen LogP contribution < -0.4 is 10.5 Å². The summed E-state index contributed by atoms with van der Waals surface area (Å²) in [6.07, 6.45) is 0. The van der Waals surface area contributed by atoms with E-state index in [9.17, 15) is 10.1 Å². The summed E-state index contributed by atoms with van der Waals surface area (Å²) in [5.41, 5.74) is 5.95. The highest BCUT2D eigenvalue weighted by Crippen LogP contribution is 2.22. The molecule has 0 unspecified atom stereocenters. The van der Waals surface area contributed by atoms with Gasteiger partial charge in [-0.1, -0.05) is 0 Å². The van der Waals surface area contributed by atoms with Crippen molar-refractivity contribution in [3.05, 3.63) is 33.9 Å². The van der Waals surface area contributed by atoms with Gasteiger partial charge in [-0.15, -0.1) is 0 Å². The van der Waals surface area contributed by atoms with Gasteiger partial charge in [-0.2, -0.15) is 0 Å².